The van der Waals surface area contributed by atoms with Crippen molar-refractivity contribution in [2.45, 2.75) is 32.6 Å². The quantitative estimate of drug-likeness (QED) is 0.518. The third-order valence-electron chi connectivity index (χ3n) is 3.00. The molecule has 0 aliphatic rings. The largest absolute Gasteiger partial charge is 0.384 e. The van der Waals surface area contributed by atoms with E-state index < -0.39 is 0 Å². The van der Waals surface area contributed by atoms with Crippen LogP contribution < -0.4 is 5.73 Å². The number of thioether (sulfide) groups is 1. The smallest absolute Gasteiger partial charge is 0.136 e. The van der Waals surface area contributed by atoms with Crippen molar-refractivity contribution in [1.82, 2.24) is 0 Å². The average Bonchev–Trinajstić information content (AvgIpc) is 2.46. The van der Waals surface area contributed by atoms with E-state index in [0.717, 1.165) is 10.5 Å². The zero-order valence-corrected chi connectivity index (χ0v) is 15.2. The fourth-order valence-corrected chi connectivity index (χ4v) is 3.24. The maximum Gasteiger partial charge on any atom is 0.136 e. The molecule has 0 unspecified atom stereocenters. The highest BCUT2D eigenvalue weighted by atomic mass is 32.2. The molecule has 0 bridgehead atoms. The van der Waals surface area contributed by atoms with Gasteiger partial charge >= 0.3 is 0 Å². The van der Waals surface area contributed by atoms with Gasteiger partial charge in [0.1, 0.15) is 4.32 Å². The van der Waals surface area contributed by atoms with Gasteiger partial charge in [-0.25, -0.2) is 0 Å². The van der Waals surface area contributed by atoms with Crippen LogP contribution in [0, 0.1) is 0 Å². The van der Waals surface area contributed by atoms with Crippen LogP contribution in [0.4, 0.5) is 0 Å². The topological polar surface area (TPSA) is 26.0 Å². The Hall–Kier alpha value is -1.58. The van der Waals surface area contributed by atoms with Gasteiger partial charge in [-0.05, 0) is 56.0 Å². The van der Waals surface area contributed by atoms with Gasteiger partial charge in [-0.15, -0.1) is 0 Å². The van der Waals surface area contributed by atoms with Crippen molar-refractivity contribution in [3.63, 3.8) is 0 Å². The lowest BCUT2D eigenvalue weighted by molar-refractivity contribution is 1.37. The van der Waals surface area contributed by atoms with Crippen molar-refractivity contribution >= 4 is 52.6 Å². The fraction of sp³-hybridized carbons (Fsp3) is 0.211. The van der Waals surface area contributed by atoms with Crippen LogP contribution in [0.1, 0.15) is 49.9 Å². The Labute approximate surface area is 143 Å². The molecule has 22 heavy (non-hydrogen) atoms. The number of hydrogen-bond donors (Lipinski definition) is 1. The van der Waals surface area contributed by atoms with E-state index in [4.69, 9.17) is 18.0 Å². The van der Waals surface area contributed by atoms with Gasteiger partial charge in [-0.3, -0.25) is 0 Å². The molecule has 0 saturated heterocycles. The first-order chi connectivity index (χ1) is 10.6. The number of thiocarbonyl (C=S) groups is 1. The average molecular weight is 330 g/mol. The SMILES string of the molecule is CC=Cc1cc(SC(N)=S)c(C=CC)c(C=CC)c1C=CC. The first-order valence-electron chi connectivity index (χ1n) is 7.28. The molecule has 0 aromatic heterocycles. The molecular formula is C19H23NS2. The van der Waals surface area contributed by atoms with Crippen molar-refractivity contribution in [2.75, 3.05) is 0 Å². The summed E-state index contributed by atoms with van der Waals surface area (Å²) in [7, 11) is 0. The van der Waals surface area contributed by atoms with Crippen LogP contribution in [0.3, 0.4) is 0 Å². The van der Waals surface area contributed by atoms with Gasteiger partial charge in [0, 0.05) is 4.90 Å². The van der Waals surface area contributed by atoms with E-state index in [1.165, 1.54) is 28.5 Å². The summed E-state index contributed by atoms with van der Waals surface area (Å²) in [5.74, 6) is 0. The number of allylic oxidation sites excluding steroid dienone is 4. The monoisotopic (exact) mass is 329 g/mol. The van der Waals surface area contributed by atoms with Crippen molar-refractivity contribution < 1.29 is 0 Å². The van der Waals surface area contributed by atoms with Gasteiger partial charge in [-0.2, -0.15) is 0 Å². The molecule has 0 radical (unpaired) electrons. The molecule has 1 aromatic rings. The second-order valence-corrected chi connectivity index (χ2v) is 6.41. The molecule has 3 heteroatoms. The number of rotatable bonds is 5. The standard InChI is InChI=1S/C19H23NS2/c1-5-9-14-13-18(22-19(20)21)17(12-8-4)16(11-7-3)15(14)10-6-2/h5-13H,1-4H3,(H2,20,21). The minimum atomic E-state index is 0.433. The minimum absolute atomic E-state index is 0.433. The molecule has 0 atom stereocenters. The third kappa shape index (κ3) is 4.72. The fourth-order valence-electron chi connectivity index (χ4n) is 2.28. The lowest BCUT2D eigenvalue weighted by Crippen LogP contribution is -2.03. The zero-order valence-electron chi connectivity index (χ0n) is 13.6. The summed E-state index contributed by atoms with van der Waals surface area (Å²) in [5.41, 5.74) is 10.5. The Morgan fingerprint density at radius 1 is 0.864 bits per heavy atom. The lowest BCUT2D eigenvalue weighted by Gasteiger charge is -2.15. The minimum Gasteiger partial charge on any atom is -0.384 e. The van der Waals surface area contributed by atoms with Gasteiger partial charge in [-0.1, -0.05) is 72.6 Å². The van der Waals surface area contributed by atoms with E-state index in [1.54, 1.807) is 0 Å². The molecule has 0 amide bonds. The maximum atomic E-state index is 5.75. The van der Waals surface area contributed by atoms with Crippen LogP contribution in [-0.2, 0) is 0 Å². The Morgan fingerprint density at radius 3 is 1.86 bits per heavy atom. The maximum absolute atomic E-state index is 5.75. The van der Waals surface area contributed by atoms with Gasteiger partial charge in [0.05, 0.1) is 0 Å². The first-order valence-corrected chi connectivity index (χ1v) is 8.50. The summed E-state index contributed by atoms with van der Waals surface area (Å²) >= 11 is 6.53. The van der Waals surface area contributed by atoms with E-state index in [9.17, 15) is 0 Å². The molecule has 0 aliphatic heterocycles. The molecule has 2 N–H and O–H groups in total. The van der Waals surface area contributed by atoms with E-state index >= 15 is 0 Å². The van der Waals surface area contributed by atoms with Crippen LogP contribution in [0.15, 0.2) is 35.3 Å². The lowest BCUT2D eigenvalue weighted by atomic mass is 9.94. The molecule has 0 fully saturated rings. The predicted molar refractivity (Wildman–Crippen MR) is 108 cm³/mol. The molecule has 1 nitrogen and oxygen atoms in total. The molecule has 0 saturated carbocycles. The second-order valence-electron chi connectivity index (χ2n) is 4.63. The molecule has 0 aliphatic carbocycles. The van der Waals surface area contributed by atoms with Gasteiger partial charge in [0.15, 0.2) is 0 Å². The summed E-state index contributed by atoms with van der Waals surface area (Å²) in [6, 6.07) is 2.15. The number of hydrogen-bond acceptors (Lipinski definition) is 2. The van der Waals surface area contributed by atoms with Gasteiger partial charge < -0.3 is 5.73 Å². The Morgan fingerprint density at radius 2 is 1.36 bits per heavy atom. The highest BCUT2D eigenvalue weighted by Crippen LogP contribution is 2.34. The summed E-state index contributed by atoms with van der Waals surface area (Å²) in [5, 5.41) is 0. The Kier molecular flexibility index (Phi) is 7.92. The predicted octanol–water partition coefficient (Wildman–Crippen LogP) is 6.15. The van der Waals surface area contributed by atoms with E-state index in [2.05, 4.69) is 42.5 Å². The van der Waals surface area contributed by atoms with Crippen LogP contribution in [0.25, 0.3) is 24.3 Å². The van der Waals surface area contributed by atoms with Crippen molar-refractivity contribution in [1.29, 1.82) is 0 Å². The van der Waals surface area contributed by atoms with Crippen LogP contribution >= 0.6 is 24.0 Å². The molecule has 0 heterocycles. The molecule has 116 valence electrons. The summed E-state index contributed by atoms with van der Waals surface area (Å²) < 4.78 is 0.433. The van der Waals surface area contributed by atoms with E-state index in [-0.39, 0.29) is 0 Å². The van der Waals surface area contributed by atoms with Crippen LogP contribution in [-0.4, -0.2) is 4.32 Å². The summed E-state index contributed by atoms with van der Waals surface area (Å²) in [6.07, 6.45) is 16.7. The molecular weight excluding hydrogens is 306 g/mol. The normalized spacial score (nSPS) is 12.4. The molecule has 1 rings (SSSR count). The first kappa shape index (κ1) is 18.5. The summed E-state index contributed by atoms with van der Waals surface area (Å²) in [4.78, 5) is 1.08. The van der Waals surface area contributed by atoms with Crippen molar-refractivity contribution in [3.8, 4) is 0 Å². The Bertz CT molecular complexity index is 650. The zero-order chi connectivity index (χ0) is 16.5. The van der Waals surface area contributed by atoms with Crippen molar-refractivity contribution in [2.24, 2.45) is 5.73 Å². The van der Waals surface area contributed by atoms with E-state index in [0.29, 0.717) is 4.32 Å². The van der Waals surface area contributed by atoms with Crippen LogP contribution in [0.2, 0.25) is 0 Å². The van der Waals surface area contributed by atoms with Crippen molar-refractivity contribution in [3.05, 3.63) is 52.6 Å². The molecule has 1 aromatic carbocycles. The highest BCUT2D eigenvalue weighted by molar-refractivity contribution is 8.23. The number of nitrogens with two attached hydrogens (primary N) is 1. The van der Waals surface area contributed by atoms with Gasteiger partial charge in [0.25, 0.3) is 0 Å². The molecule has 0 spiro atoms. The van der Waals surface area contributed by atoms with E-state index in [1.807, 2.05) is 39.8 Å². The second kappa shape index (κ2) is 9.44. The number of benzene rings is 1. The summed E-state index contributed by atoms with van der Waals surface area (Å²) in [6.45, 7) is 8.10. The highest BCUT2D eigenvalue weighted by Gasteiger charge is 2.13. The van der Waals surface area contributed by atoms with Crippen LogP contribution in [0.5, 0.6) is 0 Å². The van der Waals surface area contributed by atoms with Gasteiger partial charge in [0.2, 0.25) is 0 Å². The third-order valence-corrected chi connectivity index (χ3v) is 4.01. The Balaban J connectivity index is 3.82.